The molecule has 6 bridgehead atoms. The Bertz CT molecular complexity index is 2720. The molecule has 10 aliphatic rings. The molecule has 3 saturated carbocycles. The zero-order valence-electron chi connectivity index (χ0n) is 49.8. The second-order valence-corrected chi connectivity index (χ2v) is 24.9. The summed E-state index contributed by atoms with van der Waals surface area (Å²) < 4.78 is 0. The third-order valence-corrected chi connectivity index (χ3v) is 18.9. The van der Waals surface area contributed by atoms with Crippen molar-refractivity contribution in [1.29, 1.82) is 0 Å². The molecule has 3 aromatic carbocycles. The summed E-state index contributed by atoms with van der Waals surface area (Å²) in [6, 6.07) is 14.9. The van der Waals surface area contributed by atoms with Crippen molar-refractivity contribution in [3.8, 4) is 0 Å². The molecular weight excluding hydrogens is 1100 g/mol. The Kier molecular flexibility index (Phi) is 21.4. The summed E-state index contributed by atoms with van der Waals surface area (Å²) in [6.45, 7) is 1.06. The molecule has 0 spiro atoms. The molecule has 0 unspecified atom stereocenters. The lowest BCUT2D eigenvalue weighted by Gasteiger charge is -2.29. The quantitative estimate of drug-likeness (QED) is 0.154. The summed E-state index contributed by atoms with van der Waals surface area (Å²) in [4.78, 5) is 131. The lowest BCUT2D eigenvalue weighted by molar-refractivity contribution is -0.131. The first-order valence-electron chi connectivity index (χ1n) is 32.0. The van der Waals surface area contributed by atoms with Crippen molar-refractivity contribution in [3.05, 3.63) is 106 Å². The van der Waals surface area contributed by atoms with Crippen molar-refractivity contribution in [1.82, 2.24) is 46.9 Å². The van der Waals surface area contributed by atoms with Crippen molar-refractivity contribution >= 4 is 71.8 Å². The number of rotatable bonds is 6. The highest BCUT2D eigenvalue weighted by atomic mass is 16.2. The molecular formula is C66H84N12O9. The standard InChI is InChI=1S/C66H84N12O9/c79-58-52(37-43-13-4-1-5-14-43)70-61(82)55-19-10-34-76(55)64(85)49-30-24-47(25-31-49)41-68-74-59(80)53(38-44-15-6-2-7-16-44)72-63(84)57-21-12-36-78(57)66(87)51-32-26-48(27-33-51)42-69-75-60(81)54(39-45-17-8-3-9-18-45)71-62(83)56-20-11-35-77(56)65(86)50-28-22-46(23-29-50)40-67-73-58/h22-33,40-45,52-57H,1-21,34-39H2,(H,70,82)(H,71,83)(H,72,84)(H,73,79)(H,74,80)(H,75,81)/b67-40-,68-41+,69-42+/t52-,53-,54-,55-,56-,57-/m0/s1. The molecule has 7 aliphatic heterocycles. The van der Waals surface area contributed by atoms with E-state index >= 15 is 0 Å². The summed E-state index contributed by atoms with van der Waals surface area (Å²) in [6.07, 6.45) is 23.9. The fourth-order valence-corrected chi connectivity index (χ4v) is 14.0. The molecule has 21 heteroatoms. The highest BCUT2D eigenvalue weighted by molar-refractivity contribution is 6.02. The molecule has 6 fully saturated rings. The van der Waals surface area contributed by atoms with Gasteiger partial charge in [0.25, 0.3) is 35.4 Å². The van der Waals surface area contributed by atoms with Crippen LogP contribution in [-0.2, 0) is 28.8 Å². The fraction of sp³-hybridized carbons (Fsp3) is 0.545. The van der Waals surface area contributed by atoms with Gasteiger partial charge in [-0.3, -0.25) is 43.2 Å². The second-order valence-electron chi connectivity index (χ2n) is 24.9. The van der Waals surface area contributed by atoms with Gasteiger partial charge in [-0.25, -0.2) is 16.3 Å². The van der Waals surface area contributed by atoms with Crippen LogP contribution in [0.25, 0.3) is 0 Å². The summed E-state index contributed by atoms with van der Waals surface area (Å²) in [7, 11) is 0. The maximum absolute atomic E-state index is 14.2. The Hall–Kier alpha value is -8.10. The minimum Gasteiger partial charge on any atom is -0.342 e. The van der Waals surface area contributed by atoms with Gasteiger partial charge in [0.05, 0.1) is 18.6 Å². The van der Waals surface area contributed by atoms with E-state index in [2.05, 4.69) is 47.5 Å². The minimum atomic E-state index is -0.912. The Morgan fingerprint density at radius 3 is 0.816 bits per heavy atom. The number of hydrogen-bond acceptors (Lipinski definition) is 12. The third-order valence-electron chi connectivity index (χ3n) is 18.9. The van der Waals surface area contributed by atoms with E-state index in [-0.39, 0.29) is 35.5 Å². The molecule has 0 radical (unpaired) electrons. The second kappa shape index (κ2) is 30.0. The smallest absolute Gasteiger partial charge is 0.262 e. The van der Waals surface area contributed by atoms with Gasteiger partial charge in [-0.05, 0) is 129 Å². The molecule has 3 aromatic rings. The van der Waals surface area contributed by atoms with Crippen LogP contribution in [0.3, 0.4) is 0 Å². The highest BCUT2D eigenvalue weighted by Gasteiger charge is 2.40. The molecule has 462 valence electrons. The summed E-state index contributed by atoms with van der Waals surface area (Å²) in [5.74, 6) is -3.07. The monoisotopic (exact) mass is 1190 g/mol. The maximum Gasteiger partial charge on any atom is 0.262 e. The molecule has 87 heavy (non-hydrogen) atoms. The molecule has 7 heterocycles. The Morgan fingerprint density at radius 1 is 0.310 bits per heavy atom. The van der Waals surface area contributed by atoms with E-state index in [4.69, 9.17) is 0 Å². The van der Waals surface area contributed by atoms with Crippen molar-refractivity contribution < 1.29 is 43.2 Å². The first kappa shape index (κ1) is 62.0. The van der Waals surface area contributed by atoms with Crippen molar-refractivity contribution in [2.24, 2.45) is 33.1 Å². The largest absolute Gasteiger partial charge is 0.342 e. The fourth-order valence-electron chi connectivity index (χ4n) is 14.0. The molecule has 0 aromatic heterocycles. The van der Waals surface area contributed by atoms with Crippen LogP contribution in [0.4, 0.5) is 0 Å². The molecule has 9 amide bonds. The van der Waals surface area contributed by atoms with Gasteiger partial charge in [-0.2, -0.15) is 15.3 Å². The van der Waals surface area contributed by atoms with Gasteiger partial charge in [0.15, 0.2) is 0 Å². The summed E-state index contributed by atoms with van der Waals surface area (Å²) >= 11 is 0. The average molecular weight is 1190 g/mol. The predicted octanol–water partition coefficient (Wildman–Crippen LogP) is 6.63. The van der Waals surface area contributed by atoms with Crippen LogP contribution < -0.4 is 32.2 Å². The number of nitrogens with zero attached hydrogens (tertiary/aromatic N) is 6. The lowest BCUT2D eigenvalue weighted by Crippen LogP contribution is -2.53. The first-order valence-corrected chi connectivity index (χ1v) is 32.0. The van der Waals surface area contributed by atoms with Gasteiger partial charge in [0, 0.05) is 36.3 Å². The Morgan fingerprint density at radius 2 is 0.563 bits per heavy atom. The normalized spacial score (nSPS) is 27.2. The van der Waals surface area contributed by atoms with Crippen LogP contribution in [-0.4, -0.2) is 142 Å². The number of amides is 9. The Balaban J connectivity index is 0.882. The van der Waals surface area contributed by atoms with Crippen molar-refractivity contribution in [2.75, 3.05) is 19.6 Å². The molecule has 6 N–H and O–H groups in total. The molecule has 13 rings (SSSR count). The molecule has 21 nitrogen and oxygen atoms in total. The Labute approximate surface area is 509 Å². The lowest BCUT2D eigenvalue weighted by atomic mass is 9.84. The molecule has 6 atom stereocenters. The van der Waals surface area contributed by atoms with E-state index in [1.807, 2.05) is 0 Å². The number of nitrogens with one attached hydrogen (secondary N) is 6. The topological polar surface area (TPSA) is 273 Å². The van der Waals surface area contributed by atoms with Gasteiger partial charge in [0.2, 0.25) is 17.7 Å². The van der Waals surface area contributed by atoms with Gasteiger partial charge in [0.1, 0.15) is 36.3 Å². The number of hydrazone groups is 3. The maximum atomic E-state index is 14.2. The molecule has 3 saturated heterocycles. The third kappa shape index (κ3) is 16.3. The van der Waals surface area contributed by atoms with Crippen LogP contribution in [0.5, 0.6) is 0 Å². The average Bonchev–Trinajstić information content (AvgIpc) is 3.48. The van der Waals surface area contributed by atoms with Crippen LogP contribution >= 0.6 is 0 Å². The summed E-state index contributed by atoms with van der Waals surface area (Å²) in [5, 5.41) is 21.7. The van der Waals surface area contributed by atoms with Crippen LogP contribution in [0.15, 0.2) is 88.1 Å². The van der Waals surface area contributed by atoms with E-state index in [1.165, 1.54) is 18.6 Å². The van der Waals surface area contributed by atoms with Gasteiger partial charge < -0.3 is 30.7 Å². The van der Waals surface area contributed by atoms with E-state index in [1.54, 1.807) is 87.5 Å². The number of hydrogen-bond donors (Lipinski definition) is 6. The van der Waals surface area contributed by atoms with E-state index in [9.17, 15) is 43.2 Å². The van der Waals surface area contributed by atoms with Gasteiger partial charge >= 0.3 is 0 Å². The van der Waals surface area contributed by atoms with Gasteiger partial charge in [-0.15, -0.1) is 0 Å². The van der Waals surface area contributed by atoms with Crippen LogP contribution in [0.2, 0.25) is 0 Å². The summed E-state index contributed by atoms with van der Waals surface area (Å²) in [5.41, 5.74) is 10.7. The number of benzene rings is 3. The first-order chi connectivity index (χ1) is 42.3. The van der Waals surface area contributed by atoms with Crippen LogP contribution in [0, 0.1) is 17.8 Å². The van der Waals surface area contributed by atoms with Crippen LogP contribution in [0.1, 0.15) is 202 Å². The highest BCUT2D eigenvalue weighted by Crippen LogP contribution is 2.32. The van der Waals surface area contributed by atoms with E-state index in [0.717, 1.165) is 96.3 Å². The predicted molar refractivity (Wildman–Crippen MR) is 328 cm³/mol. The minimum absolute atomic E-state index is 0.219. The number of carbonyl (C=O) groups is 9. The van der Waals surface area contributed by atoms with E-state index < -0.39 is 71.7 Å². The number of carbonyl (C=O) groups excluding carboxylic acids is 9. The number of fused-ring (bicyclic) bond motifs is 3. The zero-order chi connectivity index (χ0) is 60.7. The SMILES string of the molecule is O=C1N/N=C\c2ccc(cc2)C(=O)N2CCC[C@H]2C(=O)N[C@@H](CC2CCCCC2)C(=O)N/N=C/c2ccc(cc2)C(=O)N2CCC[C@H]2C(=O)N[C@@H](CC2CCCCC2)C(=O)N/N=C/c2ccc(cc2)C(=O)N2CCC[C@H]2C(=O)N[C@H]1CC1CCCCC1. The molecule has 3 aliphatic carbocycles. The van der Waals surface area contributed by atoms with E-state index in [0.29, 0.717) is 111 Å². The van der Waals surface area contributed by atoms with Crippen molar-refractivity contribution in [2.45, 2.75) is 190 Å². The zero-order valence-corrected chi connectivity index (χ0v) is 49.8. The van der Waals surface area contributed by atoms with Crippen molar-refractivity contribution in [3.63, 3.8) is 0 Å². The van der Waals surface area contributed by atoms with Gasteiger partial charge in [-0.1, -0.05) is 133 Å².